The molecule has 0 radical (unpaired) electrons. The van der Waals surface area contributed by atoms with E-state index >= 15 is 0 Å². The molecule has 0 aromatic carbocycles. The fraction of sp³-hybridized carbons (Fsp3) is 0.450. The van der Waals surface area contributed by atoms with Crippen LogP contribution in [-0.2, 0) is 6.42 Å². The molecule has 1 amide bonds. The van der Waals surface area contributed by atoms with Crippen LogP contribution in [0, 0.1) is 5.92 Å². The van der Waals surface area contributed by atoms with Gasteiger partial charge in [-0.05, 0) is 36.8 Å². The maximum Gasteiger partial charge on any atom is 0.252 e. The van der Waals surface area contributed by atoms with Gasteiger partial charge in [0.15, 0.2) is 5.65 Å². The number of fused-ring (bicyclic) bond motifs is 1. The zero-order valence-corrected chi connectivity index (χ0v) is 16.0. The first-order valence-electron chi connectivity index (χ1n) is 9.48. The summed E-state index contributed by atoms with van der Waals surface area (Å²) in [6.45, 7) is 0.475. The average molecular weight is 385 g/mol. The van der Waals surface area contributed by atoms with Crippen molar-refractivity contribution in [1.82, 2.24) is 19.9 Å². The predicted molar refractivity (Wildman–Crippen MR) is 106 cm³/mol. The maximum atomic E-state index is 12.5. The molecule has 3 aromatic rings. The van der Waals surface area contributed by atoms with E-state index < -0.39 is 0 Å². The largest absolute Gasteiger partial charge is 0.396 e. The number of aromatic nitrogens is 3. The average Bonchev–Trinajstić information content (AvgIpc) is 3.45. The first-order chi connectivity index (χ1) is 13.2. The SMILES string of the molecule is O=C(NCC(CO)Cc1cccs1)c1cnc2c(c1)ncn2C1CCCC1. The lowest BCUT2D eigenvalue weighted by molar-refractivity contribution is 0.0940. The molecule has 3 aromatic heterocycles. The molecule has 0 saturated heterocycles. The Hall–Kier alpha value is -2.25. The van der Waals surface area contributed by atoms with Gasteiger partial charge in [-0.3, -0.25) is 4.79 Å². The summed E-state index contributed by atoms with van der Waals surface area (Å²) < 4.78 is 2.15. The number of hydrogen-bond acceptors (Lipinski definition) is 5. The second-order valence-corrected chi connectivity index (χ2v) is 8.23. The van der Waals surface area contributed by atoms with Gasteiger partial charge in [-0.2, -0.15) is 0 Å². The van der Waals surface area contributed by atoms with E-state index in [4.69, 9.17) is 0 Å². The van der Waals surface area contributed by atoms with Crippen molar-refractivity contribution in [3.05, 3.63) is 46.5 Å². The highest BCUT2D eigenvalue weighted by atomic mass is 32.1. The molecule has 7 heteroatoms. The quantitative estimate of drug-likeness (QED) is 0.656. The molecule has 1 unspecified atom stereocenters. The van der Waals surface area contributed by atoms with E-state index in [-0.39, 0.29) is 18.4 Å². The molecule has 27 heavy (non-hydrogen) atoms. The highest BCUT2D eigenvalue weighted by Gasteiger charge is 2.20. The van der Waals surface area contributed by atoms with Gasteiger partial charge >= 0.3 is 0 Å². The van der Waals surface area contributed by atoms with Gasteiger partial charge in [-0.15, -0.1) is 11.3 Å². The monoisotopic (exact) mass is 384 g/mol. The number of carbonyl (C=O) groups excluding carboxylic acids is 1. The topological polar surface area (TPSA) is 80.0 Å². The van der Waals surface area contributed by atoms with E-state index in [1.807, 2.05) is 23.8 Å². The van der Waals surface area contributed by atoms with Gasteiger partial charge in [0.1, 0.15) is 5.52 Å². The van der Waals surface area contributed by atoms with Crippen molar-refractivity contribution in [2.45, 2.75) is 38.1 Å². The summed E-state index contributed by atoms with van der Waals surface area (Å²) in [5, 5.41) is 14.5. The van der Waals surface area contributed by atoms with Gasteiger partial charge in [0, 0.05) is 36.2 Å². The first-order valence-corrected chi connectivity index (χ1v) is 10.4. The zero-order valence-electron chi connectivity index (χ0n) is 15.2. The van der Waals surface area contributed by atoms with E-state index in [0.29, 0.717) is 18.2 Å². The van der Waals surface area contributed by atoms with Gasteiger partial charge in [-0.1, -0.05) is 18.9 Å². The molecule has 1 aliphatic rings. The van der Waals surface area contributed by atoms with Crippen LogP contribution in [0.5, 0.6) is 0 Å². The smallest absolute Gasteiger partial charge is 0.252 e. The van der Waals surface area contributed by atoms with E-state index in [2.05, 4.69) is 19.9 Å². The van der Waals surface area contributed by atoms with Crippen molar-refractivity contribution in [2.24, 2.45) is 5.92 Å². The number of aliphatic hydroxyl groups excluding tert-OH is 1. The Kier molecular flexibility index (Phi) is 5.50. The van der Waals surface area contributed by atoms with E-state index in [9.17, 15) is 9.90 Å². The fourth-order valence-corrected chi connectivity index (χ4v) is 4.57. The molecule has 0 spiro atoms. The normalized spacial score (nSPS) is 16.0. The summed E-state index contributed by atoms with van der Waals surface area (Å²) in [5.41, 5.74) is 2.11. The number of thiophene rings is 1. The fourth-order valence-electron chi connectivity index (χ4n) is 3.75. The molecular formula is C20H24N4O2S. The van der Waals surface area contributed by atoms with Crippen LogP contribution < -0.4 is 5.32 Å². The molecule has 3 heterocycles. The minimum Gasteiger partial charge on any atom is -0.396 e. The Morgan fingerprint density at radius 1 is 1.37 bits per heavy atom. The van der Waals surface area contributed by atoms with Crippen LogP contribution in [0.1, 0.15) is 47.0 Å². The van der Waals surface area contributed by atoms with Gasteiger partial charge in [0.2, 0.25) is 0 Å². The van der Waals surface area contributed by atoms with Crippen molar-refractivity contribution >= 4 is 28.4 Å². The van der Waals surface area contributed by atoms with Crippen LogP contribution in [0.4, 0.5) is 0 Å². The third kappa shape index (κ3) is 4.04. The van der Waals surface area contributed by atoms with Gasteiger partial charge in [-0.25, -0.2) is 9.97 Å². The summed E-state index contributed by atoms with van der Waals surface area (Å²) >= 11 is 1.67. The number of nitrogens with zero attached hydrogens (tertiary/aromatic N) is 3. The van der Waals surface area contributed by atoms with Crippen molar-refractivity contribution in [1.29, 1.82) is 0 Å². The Morgan fingerprint density at radius 2 is 2.22 bits per heavy atom. The second kappa shape index (κ2) is 8.19. The summed E-state index contributed by atoms with van der Waals surface area (Å²) in [7, 11) is 0. The highest BCUT2D eigenvalue weighted by molar-refractivity contribution is 7.09. The number of carbonyl (C=O) groups is 1. The van der Waals surface area contributed by atoms with E-state index in [1.165, 1.54) is 30.6 Å². The number of pyridine rings is 1. The van der Waals surface area contributed by atoms with E-state index in [0.717, 1.165) is 17.6 Å². The summed E-state index contributed by atoms with van der Waals surface area (Å²) in [5.74, 6) is -0.171. The minimum absolute atomic E-state index is 0.00543. The summed E-state index contributed by atoms with van der Waals surface area (Å²) in [6, 6.07) is 6.33. The number of nitrogens with one attached hydrogen (secondary N) is 1. The maximum absolute atomic E-state index is 12.5. The van der Waals surface area contributed by atoms with Crippen molar-refractivity contribution < 1.29 is 9.90 Å². The second-order valence-electron chi connectivity index (χ2n) is 7.20. The van der Waals surface area contributed by atoms with Crippen LogP contribution in [0.15, 0.2) is 36.1 Å². The molecule has 2 N–H and O–H groups in total. The Labute approximate surface area is 162 Å². The molecule has 4 rings (SSSR count). The molecular weight excluding hydrogens is 360 g/mol. The van der Waals surface area contributed by atoms with Gasteiger partial charge in [0.05, 0.1) is 11.9 Å². The molecule has 0 bridgehead atoms. The molecule has 6 nitrogen and oxygen atoms in total. The predicted octanol–water partition coefficient (Wildman–Crippen LogP) is 3.19. The van der Waals surface area contributed by atoms with Crippen LogP contribution in [0.2, 0.25) is 0 Å². The Balaban J connectivity index is 1.41. The van der Waals surface area contributed by atoms with Crippen LogP contribution in [0.25, 0.3) is 11.2 Å². The highest BCUT2D eigenvalue weighted by Crippen LogP contribution is 2.31. The Morgan fingerprint density at radius 3 is 2.96 bits per heavy atom. The summed E-state index contributed by atoms with van der Waals surface area (Å²) in [4.78, 5) is 22.7. The number of aliphatic hydroxyl groups is 1. The number of imidazole rings is 1. The van der Waals surface area contributed by atoms with Crippen LogP contribution in [0.3, 0.4) is 0 Å². The van der Waals surface area contributed by atoms with Crippen LogP contribution in [-0.4, -0.2) is 38.7 Å². The molecule has 0 aliphatic heterocycles. The molecule has 1 fully saturated rings. The molecule has 1 atom stereocenters. The van der Waals surface area contributed by atoms with Crippen molar-refractivity contribution in [3.63, 3.8) is 0 Å². The number of hydrogen-bond donors (Lipinski definition) is 2. The molecule has 142 valence electrons. The number of amides is 1. The molecule has 1 aliphatic carbocycles. The third-order valence-electron chi connectivity index (χ3n) is 5.27. The number of rotatable bonds is 7. The van der Waals surface area contributed by atoms with E-state index in [1.54, 1.807) is 23.6 Å². The third-order valence-corrected chi connectivity index (χ3v) is 6.17. The van der Waals surface area contributed by atoms with Crippen molar-refractivity contribution in [3.8, 4) is 0 Å². The standard InChI is InChI=1S/C20H24N4O2S/c25-12-14(8-17-6-3-7-27-17)10-22-20(26)15-9-18-19(21-11-15)24(13-23-18)16-4-1-2-5-16/h3,6-7,9,11,13-14,16,25H,1-2,4-5,8,10,12H2,(H,22,26). The first kappa shape index (κ1) is 18.1. The van der Waals surface area contributed by atoms with Crippen LogP contribution >= 0.6 is 11.3 Å². The lowest BCUT2D eigenvalue weighted by atomic mass is 10.1. The van der Waals surface area contributed by atoms with Crippen molar-refractivity contribution in [2.75, 3.05) is 13.2 Å². The van der Waals surface area contributed by atoms with Gasteiger partial charge < -0.3 is 15.0 Å². The minimum atomic E-state index is -0.176. The summed E-state index contributed by atoms with van der Waals surface area (Å²) in [6.07, 6.45) is 9.07. The Bertz CT molecular complexity index is 900. The zero-order chi connectivity index (χ0) is 18.6. The lowest BCUT2D eigenvalue weighted by Crippen LogP contribution is -2.31. The lowest BCUT2D eigenvalue weighted by Gasteiger charge is -2.14. The molecule has 1 saturated carbocycles. The van der Waals surface area contributed by atoms with Gasteiger partial charge in [0.25, 0.3) is 5.91 Å².